The first-order chi connectivity index (χ1) is 8.72. The summed E-state index contributed by atoms with van der Waals surface area (Å²) in [4.78, 5) is 2.78. The minimum absolute atomic E-state index is 0.343. The molecule has 0 radical (unpaired) electrons. The molecule has 1 saturated carbocycles. The molecule has 1 aliphatic carbocycles. The van der Waals surface area contributed by atoms with Crippen LogP contribution in [0.4, 0.5) is 0 Å². The predicted octanol–water partition coefficient (Wildman–Crippen LogP) is 3.55. The highest BCUT2D eigenvalue weighted by Crippen LogP contribution is 2.31. The van der Waals surface area contributed by atoms with E-state index in [9.17, 15) is 0 Å². The molecule has 1 heterocycles. The lowest BCUT2D eigenvalue weighted by molar-refractivity contribution is 0.0724. The Morgan fingerprint density at radius 3 is 2.61 bits per heavy atom. The van der Waals surface area contributed by atoms with Gasteiger partial charge in [-0.3, -0.25) is 4.90 Å². The van der Waals surface area contributed by atoms with Gasteiger partial charge in [0.15, 0.2) is 0 Å². The fraction of sp³-hybridized carbons (Fsp3) is 1.00. The monoisotopic (exact) mass is 252 g/mol. The Balaban J connectivity index is 1.95. The van der Waals surface area contributed by atoms with E-state index in [4.69, 9.17) is 5.73 Å². The normalized spacial score (nSPS) is 37.2. The van der Waals surface area contributed by atoms with Crippen molar-refractivity contribution in [1.82, 2.24) is 4.90 Å². The Bertz CT molecular complexity index is 239. The molecule has 2 N–H and O–H groups in total. The average molecular weight is 252 g/mol. The van der Waals surface area contributed by atoms with Gasteiger partial charge in [-0.05, 0) is 51.5 Å². The van der Waals surface area contributed by atoms with Crippen LogP contribution in [0.5, 0.6) is 0 Å². The summed E-state index contributed by atoms with van der Waals surface area (Å²) < 4.78 is 0. The lowest BCUT2D eigenvalue weighted by atomic mass is 9.92. The zero-order valence-corrected chi connectivity index (χ0v) is 12.4. The maximum absolute atomic E-state index is 6.22. The molecule has 0 aromatic rings. The third-order valence-electron chi connectivity index (χ3n) is 5.30. The van der Waals surface area contributed by atoms with Crippen molar-refractivity contribution < 1.29 is 0 Å². The van der Waals surface area contributed by atoms with E-state index in [1.165, 1.54) is 64.3 Å². The summed E-state index contributed by atoms with van der Waals surface area (Å²) in [5.74, 6) is 0.994. The van der Waals surface area contributed by atoms with E-state index in [0.717, 1.165) is 12.0 Å². The van der Waals surface area contributed by atoms with Crippen LogP contribution in [0.1, 0.15) is 71.6 Å². The van der Waals surface area contributed by atoms with E-state index in [2.05, 4.69) is 18.7 Å². The third-order valence-corrected chi connectivity index (χ3v) is 5.30. The molecular weight excluding hydrogens is 220 g/mol. The van der Waals surface area contributed by atoms with Crippen LogP contribution in [0.2, 0.25) is 0 Å². The number of rotatable bonds is 3. The molecule has 1 aliphatic heterocycles. The van der Waals surface area contributed by atoms with Crippen molar-refractivity contribution in [1.29, 1.82) is 0 Å². The second kappa shape index (κ2) is 6.91. The standard InChI is InChI=1S/C16H32N2/c1-3-14-7-6-8-15(11-10-14)18-12-5-4-9-16(18)13(2)17/h13-16H,3-12,17H2,1-2H3. The maximum atomic E-state index is 6.22. The van der Waals surface area contributed by atoms with Crippen molar-refractivity contribution >= 4 is 0 Å². The van der Waals surface area contributed by atoms with Gasteiger partial charge in [-0.2, -0.15) is 0 Å². The van der Waals surface area contributed by atoms with Crippen molar-refractivity contribution in [3.05, 3.63) is 0 Å². The molecule has 2 fully saturated rings. The van der Waals surface area contributed by atoms with Gasteiger partial charge in [0.2, 0.25) is 0 Å². The molecule has 0 aromatic heterocycles. The number of hydrogen-bond acceptors (Lipinski definition) is 2. The van der Waals surface area contributed by atoms with Gasteiger partial charge < -0.3 is 5.73 Å². The first kappa shape index (κ1) is 14.3. The molecule has 0 amide bonds. The fourth-order valence-corrected chi connectivity index (χ4v) is 4.10. The lowest BCUT2D eigenvalue weighted by Crippen LogP contribution is -2.53. The van der Waals surface area contributed by atoms with E-state index in [1.54, 1.807) is 0 Å². The summed E-state index contributed by atoms with van der Waals surface area (Å²) in [7, 11) is 0. The molecule has 0 spiro atoms. The molecule has 2 rings (SSSR count). The van der Waals surface area contributed by atoms with E-state index in [0.29, 0.717) is 12.1 Å². The molecule has 2 aliphatic rings. The van der Waals surface area contributed by atoms with Gasteiger partial charge in [0.1, 0.15) is 0 Å². The number of nitrogens with two attached hydrogens (primary N) is 1. The maximum Gasteiger partial charge on any atom is 0.0247 e. The van der Waals surface area contributed by atoms with Crippen LogP contribution in [0.3, 0.4) is 0 Å². The van der Waals surface area contributed by atoms with E-state index < -0.39 is 0 Å². The van der Waals surface area contributed by atoms with Crippen LogP contribution >= 0.6 is 0 Å². The topological polar surface area (TPSA) is 29.3 Å². The highest BCUT2D eigenvalue weighted by atomic mass is 15.2. The Kier molecular flexibility index (Phi) is 5.50. The molecule has 4 atom stereocenters. The highest BCUT2D eigenvalue weighted by molar-refractivity contribution is 4.88. The number of nitrogens with zero attached hydrogens (tertiary/aromatic N) is 1. The average Bonchev–Trinajstić information content (AvgIpc) is 2.63. The molecule has 106 valence electrons. The van der Waals surface area contributed by atoms with Crippen molar-refractivity contribution in [2.75, 3.05) is 6.54 Å². The molecule has 4 unspecified atom stereocenters. The van der Waals surface area contributed by atoms with Crippen LogP contribution in [-0.4, -0.2) is 29.6 Å². The molecule has 0 bridgehead atoms. The summed E-state index contributed by atoms with van der Waals surface area (Å²) in [5.41, 5.74) is 6.22. The summed E-state index contributed by atoms with van der Waals surface area (Å²) in [6.07, 6.45) is 12.7. The lowest BCUT2D eigenvalue weighted by Gasteiger charge is -2.43. The smallest absolute Gasteiger partial charge is 0.0247 e. The molecule has 2 heteroatoms. The van der Waals surface area contributed by atoms with Gasteiger partial charge in [-0.15, -0.1) is 0 Å². The zero-order chi connectivity index (χ0) is 13.0. The zero-order valence-electron chi connectivity index (χ0n) is 12.4. The molecular formula is C16H32N2. The van der Waals surface area contributed by atoms with Crippen molar-refractivity contribution in [2.45, 2.75) is 89.8 Å². The van der Waals surface area contributed by atoms with Crippen molar-refractivity contribution in [2.24, 2.45) is 11.7 Å². The predicted molar refractivity (Wildman–Crippen MR) is 78.6 cm³/mol. The Labute approximate surface area is 113 Å². The molecule has 2 nitrogen and oxygen atoms in total. The number of likely N-dealkylation sites (tertiary alicyclic amines) is 1. The van der Waals surface area contributed by atoms with Gasteiger partial charge in [-0.25, -0.2) is 0 Å². The Hall–Kier alpha value is -0.0800. The minimum atomic E-state index is 0.343. The first-order valence-electron chi connectivity index (χ1n) is 8.23. The quantitative estimate of drug-likeness (QED) is 0.778. The van der Waals surface area contributed by atoms with Gasteiger partial charge >= 0.3 is 0 Å². The Morgan fingerprint density at radius 1 is 1.06 bits per heavy atom. The first-order valence-corrected chi connectivity index (χ1v) is 8.23. The second-order valence-electron chi connectivity index (χ2n) is 6.60. The molecule has 1 saturated heterocycles. The van der Waals surface area contributed by atoms with Crippen LogP contribution in [0.15, 0.2) is 0 Å². The van der Waals surface area contributed by atoms with Crippen molar-refractivity contribution in [3.63, 3.8) is 0 Å². The molecule has 18 heavy (non-hydrogen) atoms. The van der Waals surface area contributed by atoms with Gasteiger partial charge in [0, 0.05) is 18.1 Å². The van der Waals surface area contributed by atoms with Crippen molar-refractivity contribution in [3.8, 4) is 0 Å². The van der Waals surface area contributed by atoms with E-state index in [1.807, 2.05) is 0 Å². The van der Waals surface area contributed by atoms with E-state index >= 15 is 0 Å². The van der Waals surface area contributed by atoms with Gasteiger partial charge in [-0.1, -0.05) is 32.6 Å². The highest BCUT2D eigenvalue weighted by Gasteiger charge is 2.31. The fourth-order valence-electron chi connectivity index (χ4n) is 4.10. The van der Waals surface area contributed by atoms with Gasteiger partial charge in [0.05, 0.1) is 0 Å². The van der Waals surface area contributed by atoms with Crippen LogP contribution in [0, 0.1) is 5.92 Å². The largest absolute Gasteiger partial charge is 0.327 e. The van der Waals surface area contributed by atoms with E-state index in [-0.39, 0.29) is 0 Å². The SMILES string of the molecule is CCC1CCCC(N2CCCCC2C(C)N)CC1. The molecule has 0 aromatic carbocycles. The summed E-state index contributed by atoms with van der Waals surface area (Å²) in [6, 6.07) is 1.83. The number of hydrogen-bond donors (Lipinski definition) is 1. The number of piperidine rings is 1. The Morgan fingerprint density at radius 2 is 1.89 bits per heavy atom. The summed E-state index contributed by atoms with van der Waals surface area (Å²) >= 11 is 0. The second-order valence-corrected chi connectivity index (χ2v) is 6.60. The summed E-state index contributed by atoms with van der Waals surface area (Å²) in [6.45, 7) is 5.86. The summed E-state index contributed by atoms with van der Waals surface area (Å²) in [5, 5.41) is 0. The van der Waals surface area contributed by atoms with Crippen LogP contribution in [-0.2, 0) is 0 Å². The third kappa shape index (κ3) is 3.48. The van der Waals surface area contributed by atoms with Crippen LogP contribution in [0.25, 0.3) is 0 Å². The van der Waals surface area contributed by atoms with Gasteiger partial charge in [0.25, 0.3) is 0 Å². The van der Waals surface area contributed by atoms with Crippen LogP contribution < -0.4 is 5.73 Å². The minimum Gasteiger partial charge on any atom is -0.327 e.